The first-order valence-corrected chi connectivity index (χ1v) is 11.6. The van der Waals surface area contributed by atoms with Gasteiger partial charge in [0.2, 0.25) is 6.79 Å². The van der Waals surface area contributed by atoms with Crippen LogP contribution in [-0.2, 0) is 22.7 Å². The van der Waals surface area contributed by atoms with Gasteiger partial charge in [-0.2, -0.15) is 26.3 Å². The Morgan fingerprint density at radius 2 is 1.59 bits per heavy atom. The van der Waals surface area contributed by atoms with Crippen LogP contribution in [0.15, 0.2) is 30.7 Å². The maximum atomic E-state index is 10.6. The number of carboxylic acids is 2. The highest BCUT2D eigenvalue weighted by Gasteiger charge is 2.39. The van der Waals surface area contributed by atoms with Crippen molar-refractivity contribution in [3.05, 3.63) is 42.0 Å². The van der Waals surface area contributed by atoms with Crippen LogP contribution in [0.4, 0.5) is 26.3 Å². The van der Waals surface area contributed by atoms with E-state index in [1.54, 1.807) is 0 Å². The number of carbonyl (C=O) groups is 2. The number of aliphatic carboxylic acids is 2. The van der Waals surface area contributed by atoms with Crippen LogP contribution in [0, 0.1) is 0 Å². The van der Waals surface area contributed by atoms with Crippen molar-refractivity contribution in [3.63, 3.8) is 0 Å². The van der Waals surface area contributed by atoms with Crippen LogP contribution in [-0.4, -0.2) is 86.8 Å². The first kappa shape index (κ1) is 31.7. The van der Waals surface area contributed by atoms with Crippen LogP contribution in [0.3, 0.4) is 0 Å². The molecule has 10 nitrogen and oxygen atoms in total. The van der Waals surface area contributed by atoms with E-state index in [0.717, 1.165) is 50.8 Å². The van der Waals surface area contributed by atoms with E-state index in [4.69, 9.17) is 29.3 Å². The number of benzene rings is 1. The van der Waals surface area contributed by atoms with Gasteiger partial charge in [0.05, 0.1) is 18.1 Å². The van der Waals surface area contributed by atoms with Gasteiger partial charge in [-0.05, 0) is 30.8 Å². The summed E-state index contributed by atoms with van der Waals surface area (Å²) in [6.07, 6.45) is -6.18. The number of imidazole rings is 1. The highest BCUT2D eigenvalue weighted by molar-refractivity contribution is 5.73. The molecule has 2 N–H and O–H groups in total. The van der Waals surface area contributed by atoms with E-state index >= 15 is 0 Å². The summed E-state index contributed by atoms with van der Waals surface area (Å²) < 4.78 is 76.8. The van der Waals surface area contributed by atoms with E-state index in [1.807, 2.05) is 18.6 Å². The molecule has 0 spiro atoms. The van der Waals surface area contributed by atoms with Crippen molar-refractivity contribution in [3.8, 4) is 11.5 Å². The lowest BCUT2D eigenvalue weighted by atomic mass is 10.1. The van der Waals surface area contributed by atoms with Crippen molar-refractivity contribution in [1.29, 1.82) is 0 Å². The molecular weight excluding hydrogens is 542 g/mol. The molecule has 0 fully saturated rings. The number of nitrogens with zero attached hydrogens (tertiary/aromatic N) is 4. The number of aromatic nitrogens is 2. The molecule has 2 aliphatic heterocycles. The molecule has 0 saturated heterocycles. The lowest BCUT2D eigenvalue weighted by Gasteiger charge is -2.36. The van der Waals surface area contributed by atoms with Gasteiger partial charge in [0.25, 0.3) is 0 Å². The average Bonchev–Trinajstić information content (AvgIpc) is 3.51. The predicted molar refractivity (Wildman–Crippen MR) is 123 cm³/mol. The number of rotatable bonds is 6. The van der Waals surface area contributed by atoms with Gasteiger partial charge in [-0.25, -0.2) is 14.6 Å². The molecule has 218 valence electrons. The van der Waals surface area contributed by atoms with Crippen molar-refractivity contribution >= 4 is 11.9 Å². The van der Waals surface area contributed by atoms with Crippen molar-refractivity contribution in [2.24, 2.45) is 0 Å². The van der Waals surface area contributed by atoms with E-state index in [9.17, 15) is 26.3 Å². The quantitative estimate of drug-likeness (QED) is 0.501. The Kier molecular flexibility index (Phi) is 11.0. The van der Waals surface area contributed by atoms with Gasteiger partial charge in [-0.15, -0.1) is 0 Å². The Morgan fingerprint density at radius 1 is 1.03 bits per heavy atom. The van der Waals surface area contributed by atoms with Gasteiger partial charge >= 0.3 is 24.3 Å². The molecule has 0 bridgehead atoms. The average molecular weight is 570 g/mol. The molecular formula is C23H28F6N4O6. The third-order valence-electron chi connectivity index (χ3n) is 5.69. The Hall–Kier alpha value is -3.53. The minimum Gasteiger partial charge on any atom is -0.475 e. The molecule has 2 aliphatic rings. The fourth-order valence-corrected chi connectivity index (χ4v) is 3.81. The SMILES string of the molecule is CCN(CC)CC1CN(Cc2ccc3c(c2)OCO3)Cc2cncn21.O=C(O)C(F)(F)F.O=C(O)C(F)(F)F. The minimum atomic E-state index is -5.08. The number of fused-ring (bicyclic) bond motifs is 2. The minimum absolute atomic E-state index is 0.327. The van der Waals surface area contributed by atoms with Crippen LogP contribution in [0.2, 0.25) is 0 Å². The van der Waals surface area contributed by atoms with Crippen molar-refractivity contribution in [2.45, 2.75) is 45.3 Å². The number of hydrogen-bond acceptors (Lipinski definition) is 7. The van der Waals surface area contributed by atoms with Gasteiger partial charge in [0, 0.05) is 32.4 Å². The zero-order valence-corrected chi connectivity index (χ0v) is 21.0. The normalized spacial score (nSPS) is 16.5. The molecule has 39 heavy (non-hydrogen) atoms. The maximum Gasteiger partial charge on any atom is 0.490 e. The number of likely N-dealkylation sites (N-methyl/N-ethyl adjacent to an activating group) is 1. The van der Waals surface area contributed by atoms with Crippen LogP contribution < -0.4 is 9.47 Å². The first-order chi connectivity index (χ1) is 18.1. The fraction of sp³-hybridized carbons (Fsp3) is 0.522. The second-order valence-corrected chi connectivity index (χ2v) is 8.39. The van der Waals surface area contributed by atoms with Crippen LogP contribution in [0.5, 0.6) is 11.5 Å². The van der Waals surface area contributed by atoms with Crippen molar-refractivity contribution in [2.75, 3.05) is 33.0 Å². The van der Waals surface area contributed by atoms with Crippen LogP contribution in [0.1, 0.15) is 31.1 Å². The van der Waals surface area contributed by atoms with E-state index in [2.05, 4.69) is 45.3 Å². The summed E-state index contributed by atoms with van der Waals surface area (Å²) in [6.45, 7) is 10.9. The molecule has 4 rings (SSSR count). The molecule has 1 aromatic heterocycles. The Bertz CT molecular complexity index is 1080. The highest BCUT2D eigenvalue weighted by atomic mass is 19.4. The highest BCUT2D eigenvalue weighted by Crippen LogP contribution is 2.33. The molecule has 1 atom stereocenters. The van der Waals surface area contributed by atoms with Crippen LogP contribution in [0.25, 0.3) is 0 Å². The second kappa shape index (κ2) is 13.5. The number of carboxylic acid groups (broad SMARTS) is 2. The number of alkyl halides is 6. The van der Waals surface area contributed by atoms with E-state index < -0.39 is 24.3 Å². The summed E-state index contributed by atoms with van der Waals surface area (Å²) in [4.78, 5) is 27.2. The lowest BCUT2D eigenvalue weighted by molar-refractivity contribution is -0.193. The second-order valence-electron chi connectivity index (χ2n) is 8.39. The summed E-state index contributed by atoms with van der Waals surface area (Å²) in [5, 5.41) is 14.2. The summed E-state index contributed by atoms with van der Waals surface area (Å²) in [5.41, 5.74) is 2.56. The number of halogens is 6. The summed E-state index contributed by atoms with van der Waals surface area (Å²) >= 11 is 0. The molecule has 1 aromatic carbocycles. The van der Waals surface area contributed by atoms with Crippen molar-refractivity contribution < 1.29 is 55.6 Å². The number of ether oxygens (including phenoxy) is 2. The zero-order chi connectivity index (χ0) is 29.4. The molecule has 1 unspecified atom stereocenters. The lowest BCUT2D eigenvalue weighted by Crippen LogP contribution is -2.42. The summed E-state index contributed by atoms with van der Waals surface area (Å²) in [6, 6.07) is 6.70. The Labute approximate surface area is 219 Å². The smallest absolute Gasteiger partial charge is 0.475 e. The third-order valence-corrected chi connectivity index (χ3v) is 5.69. The van der Waals surface area contributed by atoms with Crippen molar-refractivity contribution in [1.82, 2.24) is 19.4 Å². The van der Waals surface area contributed by atoms with Gasteiger partial charge in [0.15, 0.2) is 11.5 Å². The molecule has 2 aromatic rings. The molecule has 0 amide bonds. The maximum absolute atomic E-state index is 10.6. The van der Waals surface area contributed by atoms with Crippen LogP contribution >= 0.6 is 0 Å². The van der Waals surface area contributed by atoms with Gasteiger partial charge in [0.1, 0.15) is 0 Å². The molecule has 0 saturated carbocycles. The third kappa shape index (κ3) is 9.62. The standard InChI is InChI=1S/C19H26N4O2.2C2HF3O2/c1-3-21(4-2)11-17-12-22(10-16-8-20-13-23(16)17)9-15-5-6-18-19(7-15)25-14-24-18;2*3-2(4,5)1(6)7/h5-8,13,17H,3-4,9-12,14H2,1-2H3;2*(H,6,7). The van der Waals surface area contributed by atoms with E-state index in [-0.39, 0.29) is 0 Å². The number of hydrogen-bond donors (Lipinski definition) is 2. The molecule has 16 heteroatoms. The summed E-state index contributed by atoms with van der Waals surface area (Å²) in [5.74, 6) is -3.81. The Morgan fingerprint density at radius 3 is 2.13 bits per heavy atom. The van der Waals surface area contributed by atoms with E-state index in [0.29, 0.717) is 12.8 Å². The fourth-order valence-electron chi connectivity index (χ4n) is 3.81. The molecule has 3 heterocycles. The Balaban J connectivity index is 0.000000317. The summed E-state index contributed by atoms with van der Waals surface area (Å²) in [7, 11) is 0. The zero-order valence-electron chi connectivity index (χ0n) is 21.0. The van der Waals surface area contributed by atoms with Gasteiger partial charge in [-0.1, -0.05) is 19.9 Å². The topological polar surface area (TPSA) is 117 Å². The predicted octanol–water partition coefficient (Wildman–Crippen LogP) is 3.78. The first-order valence-electron chi connectivity index (χ1n) is 11.6. The monoisotopic (exact) mass is 570 g/mol. The van der Waals surface area contributed by atoms with Gasteiger partial charge < -0.3 is 29.2 Å². The largest absolute Gasteiger partial charge is 0.490 e. The molecule has 0 aliphatic carbocycles. The van der Waals surface area contributed by atoms with E-state index in [1.165, 1.54) is 11.3 Å². The molecule has 0 radical (unpaired) electrons. The van der Waals surface area contributed by atoms with Gasteiger partial charge in [-0.3, -0.25) is 4.90 Å².